The lowest BCUT2D eigenvalue weighted by molar-refractivity contribution is 0.448. The summed E-state index contributed by atoms with van der Waals surface area (Å²) in [6.07, 6.45) is 2.38. The van der Waals surface area contributed by atoms with Gasteiger partial charge in [-0.1, -0.05) is 27.2 Å². The zero-order chi connectivity index (χ0) is 11.9. The summed E-state index contributed by atoms with van der Waals surface area (Å²) >= 11 is 0. The molecule has 0 fully saturated rings. The van der Waals surface area contributed by atoms with Gasteiger partial charge in [0.25, 0.3) is 0 Å². The summed E-state index contributed by atoms with van der Waals surface area (Å²) in [7, 11) is -2.84. The highest BCUT2D eigenvalue weighted by Crippen LogP contribution is 2.03. The Morgan fingerprint density at radius 3 is 2.27 bits per heavy atom. The van der Waals surface area contributed by atoms with Gasteiger partial charge in [0.2, 0.25) is 0 Å². The Bertz CT molecular complexity index is 249. The van der Waals surface area contributed by atoms with E-state index in [1.54, 1.807) is 6.92 Å². The number of nitrogens with one attached hydrogen (secondary N) is 1. The molecule has 0 aliphatic rings. The fourth-order valence-corrected chi connectivity index (χ4v) is 2.67. The molecule has 15 heavy (non-hydrogen) atoms. The molecule has 0 rings (SSSR count). The smallest absolute Gasteiger partial charge is 0.151 e. The number of hydrogen-bond donors (Lipinski definition) is 1. The van der Waals surface area contributed by atoms with Gasteiger partial charge in [0.1, 0.15) is 0 Å². The molecule has 92 valence electrons. The lowest BCUT2D eigenvalue weighted by Gasteiger charge is -2.17. The molecule has 0 heterocycles. The van der Waals surface area contributed by atoms with E-state index in [0.29, 0.717) is 5.92 Å². The van der Waals surface area contributed by atoms with Gasteiger partial charge in [-0.2, -0.15) is 0 Å². The quantitative estimate of drug-likeness (QED) is 0.698. The number of hydrogen-bond acceptors (Lipinski definition) is 3. The van der Waals surface area contributed by atoms with Crippen LogP contribution in [0.15, 0.2) is 0 Å². The summed E-state index contributed by atoms with van der Waals surface area (Å²) in [5, 5.41) is 3.28. The van der Waals surface area contributed by atoms with Crippen LogP contribution in [-0.2, 0) is 9.84 Å². The van der Waals surface area contributed by atoms with E-state index in [2.05, 4.69) is 19.2 Å². The number of sulfone groups is 1. The summed E-state index contributed by atoms with van der Waals surface area (Å²) in [5.74, 6) is 1.12. The van der Waals surface area contributed by atoms with Crippen molar-refractivity contribution in [1.29, 1.82) is 0 Å². The Balaban J connectivity index is 3.80. The maximum Gasteiger partial charge on any atom is 0.151 e. The van der Waals surface area contributed by atoms with Crippen molar-refractivity contribution in [3.63, 3.8) is 0 Å². The van der Waals surface area contributed by atoms with Crippen molar-refractivity contribution in [3.05, 3.63) is 0 Å². The number of rotatable bonds is 8. The Hall–Kier alpha value is -0.0900. The molecule has 0 bridgehead atoms. The summed E-state index contributed by atoms with van der Waals surface area (Å²) in [6, 6.07) is 0.0641. The lowest BCUT2D eigenvalue weighted by atomic mass is 10.1. The molecule has 0 amide bonds. The zero-order valence-corrected chi connectivity index (χ0v) is 11.2. The van der Waals surface area contributed by atoms with Crippen LogP contribution in [0.5, 0.6) is 0 Å². The molecule has 1 N–H and O–H groups in total. The molecule has 0 aromatic rings. The van der Waals surface area contributed by atoms with Crippen LogP contribution in [0.25, 0.3) is 0 Å². The molecular weight excluding hydrogens is 210 g/mol. The summed E-state index contributed by atoms with van der Waals surface area (Å²) in [5.41, 5.74) is 0. The molecule has 2 unspecified atom stereocenters. The highest BCUT2D eigenvalue weighted by Gasteiger charge is 2.13. The van der Waals surface area contributed by atoms with Crippen molar-refractivity contribution in [2.24, 2.45) is 5.92 Å². The third-order valence-corrected chi connectivity index (χ3v) is 4.43. The van der Waals surface area contributed by atoms with E-state index >= 15 is 0 Å². The first-order chi connectivity index (χ1) is 6.91. The van der Waals surface area contributed by atoms with Crippen LogP contribution in [-0.4, -0.2) is 32.5 Å². The molecule has 0 spiro atoms. The van der Waals surface area contributed by atoms with E-state index < -0.39 is 9.84 Å². The second-order valence-electron chi connectivity index (χ2n) is 4.40. The highest BCUT2D eigenvalue weighted by molar-refractivity contribution is 7.91. The van der Waals surface area contributed by atoms with E-state index in [9.17, 15) is 8.42 Å². The van der Waals surface area contributed by atoms with Crippen LogP contribution >= 0.6 is 0 Å². The molecular formula is C11H25NO2S. The van der Waals surface area contributed by atoms with Gasteiger partial charge < -0.3 is 5.32 Å². The molecule has 4 heteroatoms. The van der Waals surface area contributed by atoms with Crippen LogP contribution in [0.2, 0.25) is 0 Å². The van der Waals surface area contributed by atoms with Crippen molar-refractivity contribution in [2.75, 3.05) is 18.1 Å². The zero-order valence-electron chi connectivity index (χ0n) is 10.4. The minimum Gasteiger partial charge on any atom is -0.313 e. The van der Waals surface area contributed by atoms with Crippen molar-refractivity contribution in [1.82, 2.24) is 5.32 Å². The highest BCUT2D eigenvalue weighted by atomic mass is 32.2. The minimum atomic E-state index is -2.84. The van der Waals surface area contributed by atoms with Gasteiger partial charge in [0, 0.05) is 11.8 Å². The van der Waals surface area contributed by atoms with Crippen LogP contribution < -0.4 is 5.32 Å². The van der Waals surface area contributed by atoms with E-state index in [1.165, 1.54) is 12.8 Å². The first-order valence-electron chi connectivity index (χ1n) is 5.85. The Morgan fingerprint density at radius 1 is 1.20 bits per heavy atom. The van der Waals surface area contributed by atoms with Gasteiger partial charge in [-0.3, -0.25) is 0 Å². The molecule has 0 radical (unpaired) electrons. The Morgan fingerprint density at radius 2 is 1.80 bits per heavy atom. The maximum atomic E-state index is 11.3. The van der Waals surface area contributed by atoms with Gasteiger partial charge in [-0.05, 0) is 25.8 Å². The molecule has 0 aromatic heterocycles. The predicted molar refractivity (Wildman–Crippen MR) is 65.9 cm³/mol. The topological polar surface area (TPSA) is 46.2 Å². The average molecular weight is 235 g/mol. The van der Waals surface area contributed by atoms with Gasteiger partial charge in [-0.25, -0.2) is 8.42 Å². The maximum absolute atomic E-state index is 11.3. The van der Waals surface area contributed by atoms with E-state index in [4.69, 9.17) is 0 Å². The standard InChI is InChI=1S/C11H25NO2S/c1-5-7-10(3)8-12-11(4)9-15(13,14)6-2/h10-12H,5-9H2,1-4H3. The molecule has 0 aromatic carbocycles. The Kier molecular flexibility index (Phi) is 7.18. The summed E-state index contributed by atoms with van der Waals surface area (Å²) in [6.45, 7) is 8.90. The fraction of sp³-hybridized carbons (Fsp3) is 1.00. The van der Waals surface area contributed by atoms with Crippen molar-refractivity contribution in [3.8, 4) is 0 Å². The molecule has 0 saturated carbocycles. The molecule has 0 aliphatic heterocycles. The van der Waals surface area contributed by atoms with E-state index in [1.807, 2.05) is 6.92 Å². The molecule has 0 aliphatic carbocycles. The van der Waals surface area contributed by atoms with Gasteiger partial charge in [0.05, 0.1) is 5.75 Å². The second-order valence-corrected chi connectivity index (χ2v) is 6.80. The predicted octanol–water partition coefficient (Wildman–Crippen LogP) is 1.84. The molecule has 0 saturated heterocycles. The van der Waals surface area contributed by atoms with Crippen LogP contribution in [0.3, 0.4) is 0 Å². The van der Waals surface area contributed by atoms with Gasteiger partial charge in [-0.15, -0.1) is 0 Å². The lowest BCUT2D eigenvalue weighted by Crippen LogP contribution is -2.36. The molecule has 3 nitrogen and oxygen atoms in total. The third kappa shape index (κ3) is 7.79. The average Bonchev–Trinajstić information content (AvgIpc) is 2.15. The van der Waals surface area contributed by atoms with E-state index in [-0.39, 0.29) is 17.5 Å². The molecule has 2 atom stereocenters. The first-order valence-corrected chi connectivity index (χ1v) is 7.67. The van der Waals surface area contributed by atoms with Crippen LogP contribution in [0.1, 0.15) is 40.5 Å². The van der Waals surface area contributed by atoms with Crippen molar-refractivity contribution in [2.45, 2.75) is 46.6 Å². The van der Waals surface area contributed by atoms with Crippen molar-refractivity contribution < 1.29 is 8.42 Å². The first kappa shape index (κ1) is 14.9. The Labute approximate surface area is 94.6 Å². The second kappa shape index (κ2) is 7.23. The van der Waals surface area contributed by atoms with Crippen LogP contribution in [0, 0.1) is 5.92 Å². The fourth-order valence-electron chi connectivity index (χ4n) is 1.55. The normalized spacial score (nSPS) is 16.3. The third-order valence-electron chi connectivity index (χ3n) is 2.54. The largest absolute Gasteiger partial charge is 0.313 e. The van der Waals surface area contributed by atoms with Gasteiger partial charge >= 0.3 is 0 Å². The minimum absolute atomic E-state index is 0.0641. The van der Waals surface area contributed by atoms with Crippen LogP contribution in [0.4, 0.5) is 0 Å². The van der Waals surface area contributed by atoms with E-state index in [0.717, 1.165) is 6.54 Å². The van der Waals surface area contributed by atoms with Gasteiger partial charge in [0.15, 0.2) is 9.84 Å². The SMILES string of the molecule is CCCC(C)CNC(C)CS(=O)(=O)CC. The summed E-state index contributed by atoms with van der Waals surface area (Å²) in [4.78, 5) is 0. The van der Waals surface area contributed by atoms with Crippen molar-refractivity contribution >= 4 is 9.84 Å². The monoisotopic (exact) mass is 235 g/mol. The summed E-state index contributed by atoms with van der Waals surface area (Å²) < 4.78 is 22.7.